The number of nitrogens with zero attached hydrogens (tertiary/aromatic N) is 1. The number of rotatable bonds is 6. The lowest BCUT2D eigenvalue weighted by Gasteiger charge is -2.25. The zero-order valence-corrected chi connectivity index (χ0v) is 16.7. The lowest BCUT2D eigenvalue weighted by atomic mass is 10.2. The Hall–Kier alpha value is -1.55. The van der Waals surface area contributed by atoms with Gasteiger partial charge in [-0.2, -0.15) is 4.31 Å². The fourth-order valence-corrected chi connectivity index (χ4v) is 6.34. The number of ether oxygens (including phenoxy) is 1. The summed E-state index contributed by atoms with van der Waals surface area (Å²) >= 11 is 2.34. The van der Waals surface area contributed by atoms with E-state index in [2.05, 4.69) is 0 Å². The van der Waals surface area contributed by atoms with E-state index in [1.807, 2.05) is 13.0 Å². The van der Waals surface area contributed by atoms with Crippen LogP contribution in [0.25, 0.3) is 0 Å². The van der Waals surface area contributed by atoms with E-state index in [0.717, 1.165) is 35.5 Å². The van der Waals surface area contributed by atoms with Crippen LogP contribution in [0.15, 0.2) is 28.5 Å². The summed E-state index contributed by atoms with van der Waals surface area (Å²) in [5.41, 5.74) is 0. The Morgan fingerprint density at radius 1 is 1.15 bits per heavy atom. The van der Waals surface area contributed by atoms with Gasteiger partial charge < -0.3 is 4.74 Å². The van der Waals surface area contributed by atoms with E-state index in [1.165, 1.54) is 21.7 Å². The minimum absolute atomic E-state index is 0.0192. The van der Waals surface area contributed by atoms with Gasteiger partial charge in [0.2, 0.25) is 15.8 Å². The Morgan fingerprint density at radius 2 is 1.88 bits per heavy atom. The third-order valence-electron chi connectivity index (χ3n) is 4.10. The standard InChI is InChI=1S/C17H19NO5S3/c1-12-5-6-14(25-12)13(19)11-23-17(20)16-15(7-10-24-16)26(21,22)18-8-3-2-4-9-18/h5-7,10H,2-4,8-9,11H2,1H3. The molecular formula is C17H19NO5S3. The molecule has 1 aliphatic rings. The predicted octanol–water partition coefficient (Wildman–Crippen LogP) is 3.33. The van der Waals surface area contributed by atoms with Gasteiger partial charge in [0.15, 0.2) is 6.61 Å². The second kappa shape index (κ2) is 7.99. The first kappa shape index (κ1) is 19.2. The molecule has 2 aromatic rings. The molecule has 0 aliphatic carbocycles. The van der Waals surface area contributed by atoms with Crippen LogP contribution in [0, 0.1) is 6.92 Å². The quantitative estimate of drug-likeness (QED) is 0.536. The fraction of sp³-hybridized carbons (Fsp3) is 0.412. The molecule has 9 heteroatoms. The van der Waals surface area contributed by atoms with E-state index in [-0.39, 0.29) is 15.6 Å². The summed E-state index contributed by atoms with van der Waals surface area (Å²) in [6.45, 7) is 2.41. The van der Waals surface area contributed by atoms with Crippen molar-refractivity contribution in [2.75, 3.05) is 19.7 Å². The van der Waals surface area contributed by atoms with Gasteiger partial charge in [-0.15, -0.1) is 22.7 Å². The molecule has 2 aromatic heterocycles. The van der Waals surface area contributed by atoms with E-state index in [1.54, 1.807) is 11.4 Å². The number of sulfonamides is 1. The molecule has 0 atom stereocenters. The predicted molar refractivity (Wildman–Crippen MR) is 101 cm³/mol. The Morgan fingerprint density at radius 3 is 2.54 bits per heavy atom. The van der Waals surface area contributed by atoms with Crippen LogP contribution in [0.4, 0.5) is 0 Å². The first-order chi connectivity index (χ1) is 12.4. The first-order valence-corrected chi connectivity index (χ1v) is 11.4. The first-order valence-electron chi connectivity index (χ1n) is 8.24. The SMILES string of the molecule is Cc1ccc(C(=O)COC(=O)c2sccc2S(=O)(=O)N2CCCCC2)s1. The largest absolute Gasteiger partial charge is 0.453 e. The van der Waals surface area contributed by atoms with Crippen molar-refractivity contribution in [2.24, 2.45) is 0 Å². The molecule has 0 bridgehead atoms. The summed E-state index contributed by atoms with van der Waals surface area (Å²) in [5, 5.41) is 1.55. The summed E-state index contributed by atoms with van der Waals surface area (Å²) in [5.74, 6) is -1.08. The number of esters is 1. The van der Waals surface area contributed by atoms with Crippen molar-refractivity contribution >= 4 is 44.4 Å². The van der Waals surface area contributed by atoms with Crippen LogP contribution in [0.2, 0.25) is 0 Å². The van der Waals surface area contributed by atoms with Crippen LogP contribution in [-0.2, 0) is 14.8 Å². The van der Waals surface area contributed by atoms with Crippen molar-refractivity contribution in [1.29, 1.82) is 0 Å². The van der Waals surface area contributed by atoms with Crippen molar-refractivity contribution in [3.05, 3.63) is 38.2 Å². The number of hydrogen-bond acceptors (Lipinski definition) is 7. The molecule has 0 unspecified atom stereocenters. The normalized spacial score (nSPS) is 15.7. The van der Waals surface area contributed by atoms with Gasteiger partial charge in [0.1, 0.15) is 9.77 Å². The minimum Gasteiger partial charge on any atom is -0.453 e. The second-order valence-corrected chi connectivity index (χ2v) is 10.1. The second-order valence-electron chi connectivity index (χ2n) is 5.99. The van der Waals surface area contributed by atoms with Gasteiger partial charge in [0.25, 0.3) is 0 Å². The van der Waals surface area contributed by atoms with Crippen LogP contribution >= 0.6 is 22.7 Å². The van der Waals surface area contributed by atoms with Gasteiger partial charge >= 0.3 is 5.97 Å². The van der Waals surface area contributed by atoms with Crippen molar-refractivity contribution in [3.63, 3.8) is 0 Å². The Labute approximate surface area is 160 Å². The molecule has 3 rings (SSSR count). The van der Waals surface area contributed by atoms with Crippen LogP contribution < -0.4 is 0 Å². The average Bonchev–Trinajstić information content (AvgIpc) is 3.29. The van der Waals surface area contributed by atoms with Gasteiger partial charge in [0.05, 0.1) is 4.88 Å². The molecule has 3 heterocycles. The summed E-state index contributed by atoms with van der Waals surface area (Å²) in [6, 6.07) is 4.94. The summed E-state index contributed by atoms with van der Waals surface area (Å²) < 4.78 is 32.1. The lowest BCUT2D eigenvalue weighted by molar-refractivity contribution is 0.0477. The molecule has 0 amide bonds. The summed E-state index contributed by atoms with van der Waals surface area (Å²) in [4.78, 5) is 25.9. The van der Waals surface area contributed by atoms with Crippen LogP contribution in [-0.4, -0.2) is 44.2 Å². The monoisotopic (exact) mass is 413 g/mol. The Kier molecular flexibility index (Phi) is 5.91. The molecule has 0 radical (unpaired) electrons. The van der Waals surface area contributed by atoms with Crippen LogP contribution in [0.3, 0.4) is 0 Å². The average molecular weight is 414 g/mol. The van der Waals surface area contributed by atoms with Crippen LogP contribution in [0.1, 0.15) is 43.5 Å². The van der Waals surface area contributed by atoms with Gasteiger partial charge in [-0.3, -0.25) is 4.79 Å². The third kappa shape index (κ3) is 4.06. The van der Waals surface area contributed by atoms with Crippen LogP contribution in [0.5, 0.6) is 0 Å². The van der Waals surface area contributed by atoms with Crippen molar-refractivity contribution in [2.45, 2.75) is 31.1 Å². The summed E-state index contributed by atoms with van der Waals surface area (Å²) in [6.07, 6.45) is 2.64. The maximum Gasteiger partial charge on any atom is 0.350 e. The smallest absolute Gasteiger partial charge is 0.350 e. The minimum atomic E-state index is -3.72. The van der Waals surface area contributed by atoms with Crippen molar-refractivity contribution in [1.82, 2.24) is 4.31 Å². The van der Waals surface area contributed by atoms with Gasteiger partial charge in [-0.25, -0.2) is 13.2 Å². The molecule has 140 valence electrons. The number of piperidine rings is 1. The Bertz CT molecular complexity index is 906. The Balaban J connectivity index is 1.71. The van der Waals surface area contributed by atoms with Gasteiger partial charge in [-0.1, -0.05) is 6.42 Å². The van der Waals surface area contributed by atoms with E-state index in [9.17, 15) is 18.0 Å². The number of carbonyl (C=O) groups excluding carboxylic acids is 2. The lowest BCUT2D eigenvalue weighted by Crippen LogP contribution is -2.36. The van der Waals surface area contributed by atoms with E-state index < -0.39 is 22.6 Å². The molecule has 1 aliphatic heterocycles. The highest BCUT2D eigenvalue weighted by Crippen LogP contribution is 2.28. The third-order valence-corrected chi connectivity index (χ3v) is 8.10. The maximum atomic E-state index is 12.8. The highest BCUT2D eigenvalue weighted by atomic mass is 32.2. The van der Waals surface area contributed by atoms with Gasteiger partial charge in [0, 0.05) is 18.0 Å². The van der Waals surface area contributed by atoms with Gasteiger partial charge in [-0.05, 0) is 43.3 Å². The molecule has 1 saturated heterocycles. The van der Waals surface area contributed by atoms with Crippen molar-refractivity contribution in [3.8, 4) is 0 Å². The molecule has 0 spiro atoms. The molecule has 6 nitrogen and oxygen atoms in total. The number of Topliss-reactive ketones (excluding diaryl/α,β-unsaturated/α-hetero) is 1. The van der Waals surface area contributed by atoms with E-state index >= 15 is 0 Å². The molecule has 26 heavy (non-hydrogen) atoms. The number of ketones is 1. The number of thiophene rings is 2. The fourth-order valence-electron chi connectivity index (χ4n) is 2.75. The highest BCUT2D eigenvalue weighted by molar-refractivity contribution is 7.89. The van der Waals surface area contributed by atoms with E-state index in [0.29, 0.717) is 18.0 Å². The molecular weight excluding hydrogens is 394 g/mol. The maximum absolute atomic E-state index is 12.8. The molecule has 0 aromatic carbocycles. The molecule has 1 fully saturated rings. The summed E-state index contributed by atoms with van der Waals surface area (Å²) in [7, 11) is -3.72. The zero-order valence-electron chi connectivity index (χ0n) is 14.3. The van der Waals surface area contributed by atoms with E-state index in [4.69, 9.17) is 4.74 Å². The molecule has 0 N–H and O–H groups in total. The zero-order chi connectivity index (χ0) is 18.7. The number of carbonyl (C=O) groups is 2. The highest BCUT2D eigenvalue weighted by Gasteiger charge is 2.31. The number of hydrogen-bond donors (Lipinski definition) is 0. The topological polar surface area (TPSA) is 80.8 Å². The molecule has 0 saturated carbocycles. The van der Waals surface area contributed by atoms with Crippen molar-refractivity contribution < 1.29 is 22.7 Å². The number of aryl methyl sites for hydroxylation is 1.